The zero-order valence-electron chi connectivity index (χ0n) is 15.2. The fourth-order valence-corrected chi connectivity index (χ4v) is 2.15. The molecule has 0 aromatic heterocycles. The summed E-state index contributed by atoms with van der Waals surface area (Å²) in [5, 5.41) is 3.16. The summed E-state index contributed by atoms with van der Waals surface area (Å²) in [4.78, 5) is 25.3. The van der Waals surface area contributed by atoms with Crippen LogP contribution >= 0.6 is 0 Å². The van der Waals surface area contributed by atoms with Gasteiger partial charge in [-0.2, -0.15) is 0 Å². The predicted octanol–water partition coefficient (Wildman–Crippen LogP) is 2.28. The number of carbonyl (C=O) groups is 2. The minimum Gasteiger partial charge on any atom is -0.444 e. The molecule has 2 atom stereocenters. The van der Waals surface area contributed by atoms with Crippen molar-refractivity contribution in [2.45, 2.75) is 58.3 Å². The first-order valence-electron chi connectivity index (χ1n) is 8.12. The van der Waals surface area contributed by atoms with E-state index in [2.05, 4.69) is 5.32 Å². The monoisotopic (exact) mass is 335 g/mol. The molecule has 0 spiro atoms. The van der Waals surface area contributed by atoms with Crippen LogP contribution in [0.2, 0.25) is 0 Å². The van der Waals surface area contributed by atoms with Crippen LogP contribution in [-0.2, 0) is 16.1 Å². The second-order valence-electron chi connectivity index (χ2n) is 7.00. The van der Waals surface area contributed by atoms with Crippen LogP contribution in [0.3, 0.4) is 0 Å². The van der Waals surface area contributed by atoms with E-state index in [0.29, 0.717) is 13.0 Å². The summed E-state index contributed by atoms with van der Waals surface area (Å²) < 4.78 is 5.34. The number of hydrogen-bond acceptors (Lipinski definition) is 4. The lowest BCUT2D eigenvalue weighted by atomic mass is 10.1. The molecule has 0 aliphatic carbocycles. The van der Waals surface area contributed by atoms with Crippen molar-refractivity contribution in [1.82, 2.24) is 10.2 Å². The van der Waals surface area contributed by atoms with Crippen LogP contribution in [-0.4, -0.2) is 41.6 Å². The van der Waals surface area contributed by atoms with E-state index in [1.165, 1.54) is 4.90 Å². The molecule has 0 saturated carbocycles. The smallest absolute Gasteiger partial charge is 0.410 e. The first kappa shape index (κ1) is 20.0. The summed E-state index contributed by atoms with van der Waals surface area (Å²) in [6.07, 6.45) is -0.000889. The van der Waals surface area contributed by atoms with Gasteiger partial charge >= 0.3 is 6.09 Å². The maximum Gasteiger partial charge on any atom is 0.410 e. The number of benzene rings is 1. The Kier molecular flexibility index (Phi) is 7.22. The lowest BCUT2D eigenvalue weighted by Crippen LogP contribution is -2.47. The molecule has 0 radical (unpaired) electrons. The van der Waals surface area contributed by atoms with E-state index >= 15 is 0 Å². The summed E-state index contributed by atoms with van der Waals surface area (Å²) in [7, 11) is 1.66. The van der Waals surface area contributed by atoms with Gasteiger partial charge in [-0.1, -0.05) is 30.3 Å². The van der Waals surface area contributed by atoms with Crippen molar-refractivity contribution in [2.75, 3.05) is 7.05 Å². The number of nitrogens with two attached hydrogens (primary N) is 1. The highest BCUT2D eigenvalue weighted by molar-refractivity contribution is 5.80. The second kappa shape index (κ2) is 8.68. The highest BCUT2D eigenvalue weighted by atomic mass is 16.6. The lowest BCUT2D eigenvalue weighted by Gasteiger charge is -2.30. The van der Waals surface area contributed by atoms with Gasteiger partial charge in [-0.05, 0) is 39.7 Å². The van der Waals surface area contributed by atoms with E-state index in [1.54, 1.807) is 7.05 Å². The van der Waals surface area contributed by atoms with E-state index in [-0.39, 0.29) is 6.04 Å². The average Bonchev–Trinajstić information content (AvgIpc) is 2.49. The number of nitrogens with zero attached hydrogens (tertiary/aromatic N) is 1. The Labute approximate surface area is 144 Å². The quantitative estimate of drug-likeness (QED) is 0.800. The van der Waals surface area contributed by atoms with Crippen molar-refractivity contribution in [3.05, 3.63) is 35.9 Å². The SMILES string of the molecule is CC(CC(NCc1ccccc1)C(N)=O)N(C)C(=O)OC(C)(C)C. The number of primary amides is 1. The van der Waals surface area contributed by atoms with Gasteiger partial charge in [0.1, 0.15) is 5.60 Å². The van der Waals surface area contributed by atoms with Gasteiger partial charge < -0.3 is 20.7 Å². The molecule has 0 saturated heterocycles. The van der Waals surface area contributed by atoms with Crippen LogP contribution in [0.5, 0.6) is 0 Å². The number of carbonyl (C=O) groups excluding carboxylic acids is 2. The van der Waals surface area contributed by atoms with Crippen LogP contribution in [0.4, 0.5) is 4.79 Å². The first-order valence-corrected chi connectivity index (χ1v) is 8.12. The number of nitrogens with one attached hydrogen (secondary N) is 1. The highest BCUT2D eigenvalue weighted by Gasteiger charge is 2.26. The van der Waals surface area contributed by atoms with Gasteiger partial charge in [0.05, 0.1) is 6.04 Å². The molecule has 1 aromatic carbocycles. The highest BCUT2D eigenvalue weighted by Crippen LogP contribution is 2.13. The van der Waals surface area contributed by atoms with Gasteiger partial charge in [-0.15, -0.1) is 0 Å². The minimum atomic E-state index is -0.556. The maximum atomic E-state index is 12.1. The normalized spacial score (nSPS) is 13.9. The summed E-state index contributed by atoms with van der Waals surface area (Å²) >= 11 is 0. The second-order valence-corrected chi connectivity index (χ2v) is 7.00. The fourth-order valence-electron chi connectivity index (χ4n) is 2.15. The van der Waals surface area contributed by atoms with E-state index < -0.39 is 23.6 Å². The number of rotatable bonds is 7. The molecule has 0 bridgehead atoms. The van der Waals surface area contributed by atoms with Crippen molar-refractivity contribution < 1.29 is 14.3 Å². The van der Waals surface area contributed by atoms with Crippen LogP contribution in [0.1, 0.15) is 39.7 Å². The Morgan fingerprint density at radius 2 is 1.83 bits per heavy atom. The van der Waals surface area contributed by atoms with Crippen LogP contribution < -0.4 is 11.1 Å². The fraction of sp³-hybridized carbons (Fsp3) is 0.556. The van der Waals surface area contributed by atoms with E-state index in [1.807, 2.05) is 58.0 Å². The van der Waals surface area contributed by atoms with Crippen LogP contribution in [0, 0.1) is 0 Å². The Morgan fingerprint density at radius 3 is 2.33 bits per heavy atom. The summed E-state index contributed by atoms with van der Waals surface area (Å²) in [5.74, 6) is -0.435. The molecule has 0 fully saturated rings. The van der Waals surface area contributed by atoms with Crippen molar-refractivity contribution in [2.24, 2.45) is 5.73 Å². The van der Waals surface area contributed by atoms with Crippen molar-refractivity contribution in [3.63, 3.8) is 0 Å². The first-order chi connectivity index (χ1) is 11.1. The molecule has 1 rings (SSSR count). The molecule has 2 unspecified atom stereocenters. The van der Waals surface area contributed by atoms with Gasteiger partial charge in [-0.3, -0.25) is 4.79 Å². The van der Waals surface area contributed by atoms with Gasteiger partial charge in [0.25, 0.3) is 0 Å². The third-order valence-electron chi connectivity index (χ3n) is 3.66. The van der Waals surface area contributed by atoms with Gasteiger partial charge in [0.2, 0.25) is 5.91 Å². The molecule has 2 amide bonds. The molecule has 0 aliphatic rings. The van der Waals surface area contributed by atoms with Crippen molar-refractivity contribution >= 4 is 12.0 Å². The van der Waals surface area contributed by atoms with Crippen LogP contribution in [0.25, 0.3) is 0 Å². The predicted molar refractivity (Wildman–Crippen MR) is 94.3 cm³/mol. The molecule has 24 heavy (non-hydrogen) atoms. The Bertz CT molecular complexity index is 540. The van der Waals surface area contributed by atoms with E-state index in [0.717, 1.165) is 5.56 Å². The number of amides is 2. The molecule has 3 N–H and O–H groups in total. The average molecular weight is 335 g/mol. The molecule has 134 valence electrons. The molecular formula is C18H29N3O3. The van der Waals surface area contributed by atoms with E-state index in [9.17, 15) is 9.59 Å². The Hall–Kier alpha value is -2.08. The Balaban J connectivity index is 2.60. The zero-order chi connectivity index (χ0) is 18.3. The minimum absolute atomic E-state index is 0.194. The topological polar surface area (TPSA) is 84.7 Å². The Morgan fingerprint density at radius 1 is 1.25 bits per heavy atom. The third kappa shape index (κ3) is 7.00. The standard InChI is InChI=1S/C18H29N3O3/c1-13(21(5)17(23)24-18(2,3)4)11-15(16(19)22)20-12-14-9-7-6-8-10-14/h6-10,13,15,20H,11-12H2,1-5H3,(H2,19,22). The summed E-state index contributed by atoms with van der Waals surface area (Å²) in [6.45, 7) is 7.85. The zero-order valence-corrected chi connectivity index (χ0v) is 15.2. The maximum absolute atomic E-state index is 12.1. The lowest BCUT2D eigenvalue weighted by molar-refractivity contribution is -0.120. The van der Waals surface area contributed by atoms with Gasteiger partial charge in [0.15, 0.2) is 0 Å². The molecule has 1 aromatic rings. The number of hydrogen-bond donors (Lipinski definition) is 2. The molecule has 0 heterocycles. The third-order valence-corrected chi connectivity index (χ3v) is 3.66. The molecule has 0 aliphatic heterocycles. The van der Waals surface area contributed by atoms with E-state index in [4.69, 9.17) is 10.5 Å². The number of ether oxygens (including phenoxy) is 1. The summed E-state index contributed by atoms with van der Waals surface area (Å²) in [5.41, 5.74) is 6.00. The van der Waals surface area contributed by atoms with Gasteiger partial charge in [-0.25, -0.2) is 4.79 Å². The molecular weight excluding hydrogens is 306 g/mol. The van der Waals surface area contributed by atoms with Crippen molar-refractivity contribution in [3.8, 4) is 0 Å². The molecule has 6 nitrogen and oxygen atoms in total. The van der Waals surface area contributed by atoms with Crippen molar-refractivity contribution in [1.29, 1.82) is 0 Å². The largest absolute Gasteiger partial charge is 0.444 e. The summed E-state index contributed by atoms with van der Waals surface area (Å²) in [6, 6.07) is 9.05. The molecule has 6 heteroatoms. The van der Waals surface area contributed by atoms with Crippen LogP contribution in [0.15, 0.2) is 30.3 Å². The van der Waals surface area contributed by atoms with Gasteiger partial charge in [0, 0.05) is 19.6 Å².